The van der Waals surface area contributed by atoms with Gasteiger partial charge in [-0.05, 0) is 32.6 Å². The first-order valence-corrected chi connectivity index (χ1v) is 6.77. The molecule has 0 radical (unpaired) electrons. The van der Waals surface area contributed by atoms with Gasteiger partial charge in [-0.2, -0.15) is 0 Å². The van der Waals surface area contributed by atoms with E-state index in [1.807, 2.05) is 6.92 Å². The molecule has 2 heterocycles. The Kier molecular flexibility index (Phi) is 2.87. The maximum atomic E-state index is 11.9. The summed E-state index contributed by atoms with van der Waals surface area (Å²) in [5.74, 6) is 0.0128. The Labute approximate surface area is 102 Å². The van der Waals surface area contributed by atoms with Gasteiger partial charge in [0.05, 0.1) is 24.2 Å². The summed E-state index contributed by atoms with van der Waals surface area (Å²) in [6, 6.07) is 0. The predicted octanol–water partition coefficient (Wildman–Crippen LogP) is 1.19. The number of hydrogen-bond donors (Lipinski definition) is 0. The van der Waals surface area contributed by atoms with Gasteiger partial charge in [-0.3, -0.25) is 9.69 Å². The summed E-state index contributed by atoms with van der Waals surface area (Å²) in [7, 11) is 0. The molecule has 3 fully saturated rings. The van der Waals surface area contributed by atoms with Crippen molar-refractivity contribution in [2.24, 2.45) is 5.41 Å². The summed E-state index contributed by atoms with van der Waals surface area (Å²) in [6.45, 7) is 5.25. The van der Waals surface area contributed by atoms with Crippen molar-refractivity contribution >= 4 is 5.97 Å². The van der Waals surface area contributed by atoms with E-state index < -0.39 is 0 Å². The summed E-state index contributed by atoms with van der Waals surface area (Å²) in [6.07, 6.45) is 5.19. The minimum absolute atomic E-state index is 0.0128. The van der Waals surface area contributed by atoms with Gasteiger partial charge >= 0.3 is 5.97 Å². The van der Waals surface area contributed by atoms with Crippen LogP contribution in [0.2, 0.25) is 0 Å². The molecule has 3 aliphatic rings. The molecule has 1 aliphatic carbocycles. The van der Waals surface area contributed by atoms with Gasteiger partial charge in [0.2, 0.25) is 0 Å². The number of esters is 1. The minimum Gasteiger partial charge on any atom is -0.466 e. The van der Waals surface area contributed by atoms with E-state index in [1.165, 1.54) is 12.8 Å². The van der Waals surface area contributed by atoms with Crippen molar-refractivity contribution in [3.63, 3.8) is 0 Å². The molecule has 2 bridgehead atoms. The zero-order chi connectivity index (χ0) is 11.9. The van der Waals surface area contributed by atoms with Gasteiger partial charge in [0, 0.05) is 19.6 Å². The molecular formula is C13H21NO3. The normalized spacial score (nSPS) is 34.6. The highest BCUT2D eigenvalue weighted by atomic mass is 16.5. The van der Waals surface area contributed by atoms with Crippen molar-refractivity contribution in [1.29, 1.82) is 0 Å². The molecule has 4 heteroatoms. The second-order valence-corrected chi connectivity index (χ2v) is 5.65. The highest BCUT2D eigenvalue weighted by Gasteiger charge is 2.53. The summed E-state index contributed by atoms with van der Waals surface area (Å²) >= 11 is 0. The van der Waals surface area contributed by atoms with Gasteiger partial charge in [0.25, 0.3) is 0 Å². The first-order chi connectivity index (χ1) is 8.22. The van der Waals surface area contributed by atoms with Crippen LogP contribution in [0.25, 0.3) is 0 Å². The van der Waals surface area contributed by atoms with Gasteiger partial charge in [0.15, 0.2) is 0 Å². The number of nitrogens with zero attached hydrogens (tertiary/aromatic N) is 1. The number of rotatable bonds is 4. The molecule has 0 N–H and O–H groups in total. The molecule has 0 aromatic carbocycles. The first-order valence-electron chi connectivity index (χ1n) is 6.77. The SMILES string of the molecule is CCOC(=O)C1(CN2CC3CCC(C2)O3)CC1. The van der Waals surface area contributed by atoms with Crippen LogP contribution in [0, 0.1) is 5.41 Å². The van der Waals surface area contributed by atoms with Gasteiger partial charge < -0.3 is 9.47 Å². The summed E-state index contributed by atoms with van der Waals surface area (Å²) in [4.78, 5) is 14.3. The smallest absolute Gasteiger partial charge is 0.313 e. The van der Waals surface area contributed by atoms with E-state index in [0.29, 0.717) is 18.8 Å². The van der Waals surface area contributed by atoms with Crippen LogP contribution in [0.3, 0.4) is 0 Å². The molecule has 17 heavy (non-hydrogen) atoms. The Bertz CT molecular complexity index is 302. The summed E-state index contributed by atoms with van der Waals surface area (Å²) in [5, 5.41) is 0. The molecule has 0 aromatic heterocycles. The van der Waals surface area contributed by atoms with Crippen LogP contribution in [0.4, 0.5) is 0 Å². The van der Waals surface area contributed by atoms with Gasteiger partial charge in [-0.25, -0.2) is 0 Å². The van der Waals surface area contributed by atoms with Crippen molar-refractivity contribution < 1.29 is 14.3 Å². The standard InChI is InChI=1S/C13H21NO3/c1-2-16-12(15)13(5-6-13)9-14-7-10-3-4-11(8-14)17-10/h10-11H,2-9H2,1H3. The molecule has 2 saturated heterocycles. The minimum atomic E-state index is -0.174. The Morgan fingerprint density at radius 1 is 1.35 bits per heavy atom. The third kappa shape index (κ3) is 2.20. The van der Waals surface area contributed by atoms with Gasteiger partial charge in [-0.1, -0.05) is 0 Å². The zero-order valence-corrected chi connectivity index (χ0v) is 10.5. The lowest BCUT2D eigenvalue weighted by molar-refractivity contribution is -0.151. The summed E-state index contributed by atoms with van der Waals surface area (Å²) in [5.41, 5.74) is -0.174. The highest BCUT2D eigenvalue weighted by Crippen LogP contribution is 2.48. The highest BCUT2D eigenvalue weighted by molar-refractivity contribution is 5.80. The zero-order valence-electron chi connectivity index (χ0n) is 10.5. The monoisotopic (exact) mass is 239 g/mol. The Morgan fingerprint density at radius 2 is 2.00 bits per heavy atom. The number of morpholine rings is 1. The maximum absolute atomic E-state index is 11.9. The number of fused-ring (bicyclic) bond motifs is 2. The molecule has 0 spiro atoms. The van der Waals surface area contributed by atoms with Crippen LogP contribution in [0.15, 0.2) is 0 Å². The van der Waals surface area contributed by atoms with Crippen LogP contribution in [0.5, 0.6) is 0 Å². The largest absolute Gasteiger partial charge is 0.466 e. The van der Waals surface area contributed by atoms with E-state index in [9.17, 15) is 4.79 Å². The van der Waals surface area contributed by atoms with E-state index in [4.69, 9.17) is 9.47 Å². The number of likely N-dealkylation sites (tertiary alicyclic amines) is 1. The third-order valence-electron chi connectivity index (χ3n) is 4.21. The fourth-order valence-electron chi connectivity index (χ4n) is 3.12. The molecule has 2 atom stereocenters. The van der Waals surface area contributed by atoms with Gasteiger partial charge in [0.1, 0.15) is 0 Å². The Morgan fingerprint density at radius 3 is 2.53 bits per heavy atom. The fraction of sp³-hybridized carbons (Fsp3) is 0.923. The molecule has 96 valence electrons. The first kappa shape index (κ1) is 11.5. The molecule has 0 aromatic rings. The number of hydrogen-bond acceptors (Lipinski definition) is 4. The van der Waals surface area contributed by atoms with Crippen LogP contribution in [0.1, 0.15) is 32.6 Å². The quantitative estimate of drug-likeness (QED) is 0.691. The van der Waals surface area contributed by atoms with Crippen LogP contribution in [-0.4, -0.2) is 49.3 Å². The lowest BCUT2D eigenvalue weighted by atomic mass is 10.1. The van der Waals surface area contributed by atoms with E-state index in [1.54, 1.807) is 0 Å². The van der Waals surface area contributed by atoms with Gasteiger partial charge in [-0.15, -0.1) is 0 Å². The van der Waals surface area contributed by atoms with Crippen molar-refractivity contribution in [3.05, 3.63) is 0 Å². The van der Waals surface area contributed by atoms with Crippen LogP contribution < -0.4 is 0 Å². The van der Waals surface area contributed by atoms with Crippen molar-refractivity contribution in [1.82, 2.24) is 4.90 Å². The number of carbonyl (C=O) groups is 1. The summed E-state index contributed by atoms with van der Waals surface area (Å²) < 4.78 is 11.0. The van der Waals surface area contributed by atoms with Crippen molar-refractivity contribution in [2.45, 2.75) is 44.8 Å². The van der Waals surface area contributed by atoms with Crippen LogP contribution in [-0.2, 0) is 14.3 Å². The fourth-order valence-corrected chi connectivity index (χ4v) is 3.12. The average Bonchev–Trinajstić information content (AvgIpc) is 3.00. The molecule has 0 amide bonds. The third-order valence-corrected chi connectivity index (χ3v) is 4.21. The number of ether oxygens (including phenoxy) is 2. The molecular weight excluding hydrogens is 218 g/mol. The molecule has 2 unspecified atom stereocenters. The molecule has 1 saturated carbocycles. The molecule has 2 aliphatic heterocycles. The number of carbonyl (C=O) groups excluding carboxylic acids is 1. The Balaban J connectivity index is 1.58. The predicted molar refractivity (Wildman–Crippen MR) is 62.6 cm³/mol. The lowest BCUT2D eigenvalue weighted by Crippen LogP contribution is -2.46. The Hall–Kier alpha value is -0.610. The van der Waals surface area contributed by atoms with Crippen molar-refractivity contribution in [3.8, 4) is 0 Å². The molecule has 4 nitrogen and oxygen atoms in total. The second-order valence-electron chi connectivity index (χ2n) is 5.65. The van der Waals surface area contributed by atoms with E-state index >= 15 is 0 Å². The maximum Gasteiger partial charge on any atom is 0.313 e. The average molecular weight is 239 g/mol. The molecule has 3 rings (SSSR count). The van der Waals surface area contributed by atoms with E-state index in [2.05, 4.69) is 4.90 Å². The van der Waals surface area contributed by atoms with E-state index in [0.717, 1.165) is 32.5 Å². The second kappa shape index (κ2) is 4.25. The topological polar surface area (TPSA) is 38.8 Å². The van der Waals surface area contributed by atoms with Crippen LogP contribution >= 0.6 is 0 Å². The van der Waals surface area contributed by atoms with Crippen molar-refractivity contribution in [2.75, 3.05) is 26.2 Å². The lowest BCUT2D eigenvalue weighted by Gasteiger charge is -2.34. The van der Waals surface area contributed by atoms with E-state index in [-0.39, 0.29) is 11.4 Å².